The van der Waals surface area contributed by atoms with Crippen molar-refractivity contribution in [2.45, 2.75) is 51.7 Å². The molecule has 1 saturated carbocycles. The number of benzene rings is 1. The van der Waals surface area contributed by atoms with Crippen LogP contribution in [0.4, 0.5) is 0 Å². The highest BCUT2D eigenvalue weighted by atomic mass is 16.5. The lowest BCUT2D eigenvalue weighted by atomic mass is 9.85. The zero-order valence-electron chi connectivity index (χ0n) is 12.3. The standard InChI is InChI=1S/C18H24O2/c1-2-15-5-3-7-18(13-15)20-14-17-10-8-16(9-11-17)6-4-12-19/h8-11,15,18-19H,2-3,5,7,12-14H2,1H3. The lowest BCUT2D eigenvalue weighted by Crippen LogP contribution is -2.22. The van der Waals surface area contributed by atoms with Crippen LogP contribution in [-0.4, -0.2) is 17.8 Å². The summed E-state index contributed by atoms with van der Waals surface area (Å²) < 4.78 is 6.05. The van der Waals surface area contributed by atoms with Gasteiger partial charge in [0, 0.05) is 5.56 Å². The molecular weight excluding hydrogens is 248 g/mol. The molecular formula is C18H24O2. The van der Waals surface area contributed by atoms with Crippen LogP contribution in [0.5, 0.6) is 0 Å². The molecule has 1 aromatic rings. The molecule has 20 heavy (non-hydrogen) atoms. The Morgan fingerprint density at radius 3 is 2.75 bits per heavy atom. The SMILES string of the molecule is CCC1CCCC(OCc2ccc(C#CCO)cc2)C1. The summed E-state index contributed by atoms with van der Waals surface area (Å²) in [6, 6.07) is 8.08. The number of hydrogen-bond acceptors (Lipinski definition) is 2. The van der Waals surface area contributed by atoms with E-state index >= 15 is 0 Å². The molecule has 1 aromatic carbocycles. The van der Waals surface area contributed by atoms with Gasteiger partial charge in [0.2, 0.25) is 0 Å². The van der Waals surface area contributed by atoms with Crippen LogP contribution in [-0.2, 0) is 11.3 Å². The molecule has 0 bridgehead atoms. The summed E-state index contributed by atoms with van der Waals surface area (Å²) in [6.45, 7) is 2.87. The van der Waals surface area contributed by atoms with Crippen LogP contribution in [0.1, 0.15) is 50.2 Å². The van der Waals surface area contributed by atoms with Crippen molar-refractivity contribution in [3.63, 3.8) is 0 Å². The summed E-state index contributed by atoms with van der Waals surface area (Å²) in [4.78, 5) is 0. The van der Waals surface area contributed by atoms with Crippen LogP contribution in [0.3, 0.4) is 0 Å². The highest BCUT2D eigenvalue weighted by Gasteiger charge is 2.20. The summed E-state index contributed by atoms with van der Waals surface area (Å²) in [5.41, 5.74) is 2.13. The van der Waals surface area contributed by atoms with Crippen molar-refractivity contribution < 1.29 is 9.84 Å². The van der Waals surface area contributed by atoms with E-state index in [2.05, 4.69) is 30.9 Å². The van der Waals surface area contributed by atoms with E-state index in [9.17, 15) is 0 Å². The first-order valence-electron chi connectivity index (χ1n) is 7.62. The number of aliphatic hydroxyl groups excluding tert-OH is 1. The second-order valence-corrected chi connectivity index (χ2v) is 5.53. The summed E-state index contributed by atoms with van der Waals surface area (Å²) in [7, 11) is 0. The van der Waals surface area contributed by atoms with Gasteiger partial charge >= 0.3 is 0 Å². The Bertz CT molecular complexity index is 453. The summed E-state index contributed by atoms with van der Waals surface area (Å²) in [6.07, 6.45) is 6.81. The Morgan fingerprint density at radius 1 is 1.25 bits per heavy atom. The van der Waals surface area contributed by atoms with Crippen molar-refractivity contribution in [2.24, 2.45) is 5.92 Å². The molecule has 0 radical (unpaired) electrons. The predicted molar refractivity (Wildman–Crippen MR) is 81.2 cm³/mol. The topological polar surface area (TPSA) is 29.5 Å². The second kappa shape index (κ2) is 8.09. The van der Waals surface area contributed by atoms with Gasteiger partial charge < -0.3 is 9.84 Å². The van der Waals surface area contributed by atoms with Gasteiger partial charge in [-0.05, 0) is 36.5 Å². The molecule has 0 amide bonds. The van der Waals surface area contributed by atoms with Crippen molar-refractivity contribution in [3.8, 4) is 11.8 Å². The molecule has 0 aliphatic heterocycles. The first-order valence-corrected chi connectivity index (χ1v) is 7.62. The maximum Gasteiger partial charge on any atom is 0.104 e. The molecule has 0 saturated heterocycles. The molecule has 2 rings (SSSR count). The zero-order valence-corrected chi connectivity index (χ0v) is 12.3. The Kier molecular flexibility index (Phi) is 6.11. The smallest absolute Gasteiger partial charge is 0.104 e. The van der Waals surface area contributed by atoms with Crippen molar-refractivity contribution in [1.82, 2.24) is 0 Å². The van der Waals surface area contributed by atoms with E-state index in [4.69, 9.17) is 9.84 Å². The van der Waals surface area contributed by atoms with Crippen molar-refractivity contribution in [1.29, 1.82) is 0 Å². The van der Waals surface area contributed by atoms with Crippen LogP contribution < -0.4 is 0 Å². The first kappa shape index (κ1) is 15.1. The van der Waals surface area contributed by atoms with Gasteiger partial charge in [-0.3, -0.25) is 0 Å². The average Bonchev–Trinajstić information content (AvgIpc) is 2.52. The van der Waals surface area contributed by atoms with Gasteiger partial charge in [0.25, 0.3) is 0 Å². The van der Waals surface area contributed by atoms with Gasteiger partial charge in [-0.1, -0.05) is 50.2 Å². The maximum absolute atomic E-state index is 8.66. The van der Waals surface area contributed by atoms with Crippen molar-refractivity contribution in [2.75, 3.05) is 6.61 Å². The van der Waals surface area contributed by atoms with E-state index in [1.54, 1.807) is 0 Å². The van der Waals surface area contributed by atoms with E-state index < -0.39 is 0 Å². The minimum absolute atomic E-state index is 0.0921. The van der Waals surface area contributed by atoms with Gasteiger partial charge in [0.15, 0.2) is 0 Å². The highest BCUT2D eigenvalue weighted by molar-refractivity contribution is 5.36. The van der Waals surface area contributed by atoms with Crippen molar-refractivity contribution >= 4 is 0 Å². The fraction of sp³-hybridized carbons (Fsp3) is 0.556. The van der Waals surface area contributed by atoms with E-state index in [0.717, 1.165) is 11.5 Å². The highest BCUT2D eigenvalue weighted by Crippen LogP contribution is 2.28. The second-order valence-electron chi connectivity index (χ2n) is 5.53. The molecule has 1 aliphatic rings. The Balaban J connectivity index is 1.81. The Hall–Kier alpha value is -1.30. The molecule has 0 aromatic heterocycles. The fourth-order valence-electron chi connectivity index (χ4n) is 2.80. The number of hydrogen-bond donors (Lipinski definition) is 1. The van der Waals surface area contributed by atoms with Crippen LogP contribution in [0.25, 0.3) is 0 Å². The van der Waals surface area contributed by atoms with E-state index in [1.165, 1.54) is 37.7 Å². The number of aliphatic hydroxyl groups is 1. The summed E-state index contributed by atoms with van der Waals surface area (Å²) >= 11 is 0. The van der Waals surface area contributed by atoms with E-state index in [1.807, 2.05) is 12.1 Å². The third-order valence-corrected chi connectivity index (χ3v) is 4.06. The molecule has 2 atom stereocenters. The van der Waals surface area contributed by atoms with E-state index in [-0.39, 0.29) is 6.61 Å². The monoisotopic (exact) mass is 272 g/mol. The van der Waals surface area contributed by atoms with Crippen LogP contribution in [0, 0.1) is 17.8 Å². The largest absolute Gasteiger partial charge is 0.384 e. The van der Waals surface area contributed by atoms with Crippen LogP contribution >= 0.6 is 0 Å². The normalized spacial score (nSPS) is 22.1. The average molecular weight is 272 g/mol. The van der Waals surface area contributed by atoms with Crippen LogP contribution in [0.15, 0.2) is 24.3 Å². The van der Waals surface area contributed by atoms with Gasteiger partial charge in [-0.25, -0.2) is 0 Å². The van der Waals surface area contributed by atoms with Gasteiger partial charge in [0.05, 0.1) is 12.7 Å². The molecule has 1 fully saturated rings. The molecule has 1 N–H and O–H groups in total. The maximum atomic E-state index is 8.66. The molecule has 1 aliphatic carbocycles. The fourth-order valence-corrected chi connectivity index (χ4v) is 2.80. The summed E-state index contributed by atoms with van der Waals surface area (Å²) in [5.74, 6) is 6.40. The number of rotatable bonds is 4. The molecule has 2 heteroatoms. The third kappa shape index (κ3) is 4.67. The first-order chi connectivity index (χ1) is 9.81. The van der Waals surface area contributed by atoms with Gasteiger partial charge in [-0.2, -0.15) is 0 Å². The minimum Gasteiger partial charge on any atom is -0.384 e. The molecule has 2 nitrogen and oxygen atoms in total. The quantitative estimate of drug-likeness (QED) is 0.850. The molecule has 108 valence electrons. The predicted octanol–water partition coefficient (Wildman–Crippen LogP) is 3.52. The minimum atomic E-state index is -0.0921. The third-order valence-electron chi connectivity index (χ3n) is 4.06. The molecule has 0 spiro atoms. The molecule has 2 unspecified atom stereocenters. The van der Waals surface area contributed by atoms with E-state index in [0.29, 0.717) is 12.7 Å². The molecule has 0 heterocycles. The van der Waals surface area contributed by atoms with Gasteiger partial charge in [-0.15, -0.1) is 0 Å². The number of ether oxygens (including phenoxy) is 1. The van der Waals surface area contributed by atoms with Crippen molar-refractivity contribution in [3.05, 3.63) is 35.4 Å². The zero-order chi connectivity index (χ0) is 14.2. The lowest BCUT2D eigenvalue weighted by Gasteiger charge is -2.28. The summed E-state index contributed by atoms with van der Waals surface area (Å²) in [5, 5.41) is 8.66. The van der Waals surface area contributed by atoms with Crippen LogP contribution in [0.2, 0.25) is 0 Å². The van der Waals surface area contributed by atoms with Gasteiger partial charge in [0.1, 0.15) is 6.61 Å². The Labute approximate surface area is 122 Å². The lowest BCUT2D eigenvalue weighted by molar-refractivity contribution is 0.00177. The Morgan fingerprint density at radius 2 is 2.05 bits per heavy atom.